The van der Waals surface area contributed by atoms with Gasteiger partial charge in [0.15, 0.2) is 6.61 Å². The first-order valence-corrected chi connectivity index (χ1v) is 6.86. The van der Waals surface area contributed by atoms with Gasteiger partial charge in [0, 0.05) is 6.92 Å². The van der Waals surface area contributed by atoms with Crippen molar-refractivity contribution in [1.29, 1.82) is 0 Å². The van der Waals surface area contributed by atoms with Gasteiger partial charge in [0.05, 0.1) is 25.0 Å². The van der Waals surface area contributed by atoms with Crippen LogP contribution in [0.15, 0.2) is 0 Å². The molecule has 0 rings (SSSR count). The molecule has 0 aliphatic carbocycles. The summed E-state index contributed by atoms with van der Waals surface area (Å²) in [7, 11) is 0. The van der Waals surface area contributed by atoms with Crippen LogP contribution in [-0.4, -0.2) is 38.1 Å². The highest BCUT2D eigenvalue weighted by Crippen LogP contribution is 2.18. The minimum atomic E-state index is -2.94. The molecule has 116 valence electrons. The molecule has 0 saturated carbocycles. The molecule has 0 aliphatic rings. The van der Waals surface area contributed by atoms with E-state index in [1.165, 1.54) is 19.6 Å². The van der Waals surface area contributed by atoms with E-state index in [9.17, 15) is 13.6 Å². The molecule has 0 amide bonds. The highest BCUT2D eigenvalue weighted by atomic mass is 19.3. The van der Waals surface area contributed by atoms with E-state index in [1.54, 1.807) is 25.7 Å². The number of hydrogen-bond acceptors (Lipinski definition) is 2. The Morgan fingerprint density at radius 1 is 1.00 bits per heavy atom. The van der Waals surface area contributed by atoms with Gasteiger partial charge in [-0.2, -0.15) is 0 Å². The van der Waals surface area contributed by atoms with Gasteiger partial charge in [0.1, 0.15) is 0 Å². The molecule has 0 radical (unpaired) electrons. The fourth-order valence-electron chi connectivity index (χ4n) is 1.16. The number of alkyl halides is 2. The SMILES string of the molecule is CC(F)(F)COC(=O)C(C)(C)C.CC[NH+](CC)CC. The topological polar surface area (TPSA) is 30.7 Å². The lowest BCUT2D eigenvalue weighted by Crippen LogP contribution is -3.11. The van der Waals surface area contributed by atoms with Crippen LogP contribution in [0.4, 0.5) is 8.78 Å². The number of carbonyl (C=O) groups is 1. The molecule has 0 aromatic rings. The molecule has 3 nitrogen and oxygen atoms in total. The number of ether oxygens (including phenoxy) is 1. The van der Waals surface area contributed by atoms with Gasteiger partial charge in [-0.1, -0.05) is 0 Å². The first-order valence-electron chi connectivity index (χ1n) is 6.86. The molecule has 0 spiro atoms. The van der Waals surface area contributed by atoms with Gasteiger partial charge in [-0.25, -0.2) is 8.78 Å². The van der Waals surface area contributed by atoms with Crippen molar-refractivity contribution in [3.05, 3.63) is 0 Å². The van der Waals surface area contributed by atoms with Crippen molar-refractivity contribution in [2.75, 3.05) is 26.2 Å². The van der Waals surface area contributed by atoms with Crippen LogP contribution < -0.4 is 4.90 Å². The summed E-state index contributed by atoms with van der Waals surface area (Å²) in [4.78, 5) is 12.6. The van der Waals surface area contributed by atoms with E-state index in [2.05, 4.69) is 25.5 Å². The first kappa shape index (κ1) is 20.6. The van der Waals surface area contributed by atoms with Gasteiger partial charge in [0.2, 0.25) is 0 Å². The summed E-state index contributed by atoms with van der Waals surface area (Å²) in [6.07, 6.45) is 0. The average molecular weight is 282 g/mol. The predicted octanol–water partition coefficient (Wildman–Crippen LogP) is 2.16. The molecule has 1 N–H and O–H groups in total. The molecule has 0 saturated heterocycles. The molecule has 0 aromatic heterocycles. The maximum absolute atomic E-state index is 12.2. The number of hydrogen-bond donors (Lipinski definition) is 1. The van der Waals surface area contributed by atoms with E-state index in [4.69, 9.17) is 0 Å². The summed E-state index contributed by atoms with van der Waals surface area (Å²) < 4.78 is 28.8. The van der Waals surface area contributed by atoms with Crippen LogP contribution in [0.2, 0.25) is 0 Å². The second kappa shape index (κ2) is 9.23. The summed E-state index contributed by atoms with van der Waals surface area (Å²) in [5.74, 6) is -3.55. The summed E-state index contributed by atoms with van der Waals surface area (Å²) in [6.45, 7) is 15.2. The van der Waals surface area contributed by atoms with Crippen molar-refractivity contribution in [3.8, 4) is 0 Å². The third-order valence-electron chi connectivity index (χ3n) is 2.57. The maximum Gasteiger partial charge on any atom is 0.311 e. The summed E-state index contributed by atoms with van der Waals surface area (Å²) >= 11 is 0. The molecular formula is C14H30F2NO2+. The van der Waals surface area contributed by atoms with Crippen LogP contribution in [0.5, 0.6) is 0 Å². The minimum Gasteiger partial charge on any atom is -0.459 e. The smallest absolute Gasteiger partial charge is 0.311 e. The molecule has 0 fully saturated rings. The standard InChI is InChI=1S/C8H14F2O2.C6H15N/c1-7(2,3)6(11)12-5-8(4,9)10;1-4-7(5-2)6-3/h5H2,1-4H3;4-6H2,1-3H3/p+1. The molecule has 0 bridgehead atoms. The molecule has 19 heavy (non-hydrogen) atoms. The monoisotopic (exact) mass is 282 g/mol. The van der Waals surface area contributed by atoms with Crippen molar-refractivity contribution < 1.29 is 23.2 Å². The fraction of sp³-hybridized carbons (Fsp3) is 0.929. The Bertz CT molecular complexity index is 235. The van der Waals surface area contributed by atoms with E-state index in [0.717, 1.165) is 0 Å². The Morgan fingerprint density at radius 3 is 1.53 bits per heavy atom. The van der Waals surface area contributed by atoms with Crippen molar-refractivity contribution in [2.45, 2.75) is 54.4 Å². The molecule has 0 heterocycles. The second-order valence-corrected chi connectivity index (χ2v) is 5.71. The lowest BCUT2D eigenvalue weighted by atomic mass is 9.97. The highest BCUT2D eigenvalue weighted by molar-refractivity contribution is 5.75. The van der Waals surface area contributed by atoms with E-state index in [0.29, 0.717) is 6.92 Å². The van der Waals surface area contributed by atoms with Crippen LogP contribution in [0.1, 0.15) is 48.5 Å². The predicted molar refractivity (Wildman–Crippen MR) is 73.6 cm³/mol. The maximum atomic E-state index is 12.2. The van der Waals surface area contributed by atoms with Crippen LogP contribution >= 0.6 is 0 Å². The van der Waals surface area contributed by atoms with E-state index in [-0.39, 0.29) is 0 Å². The summed E-state index contributed by atoms with van der Waals surface area (Å²) in [5, 5.41) is 0. The van der Waals surface area contributed by atoms with Crippen molar-refractivity contribution in [1.82, 2.24) is 0 Å². The summed E-state index contributed by atoms with van der Waals surface area (Å²) in [6, 6.07) is 0. The largest absolute Gasteiger partial charge is 0.459 e. The first-order chi connectivity index (χ1) is 8.47. The molecule has 0 aromatic carbocycles. The zero-order valence-corrected chi connectivity index (χ0v) is 13.4. The van der Waals surface area contributed by atoms with E-state index in [1.807, 2.05) is 0 Å². The molecule has 5 heteroatoms. The Morgan fingerprint density at radius 2 is 1.37 bits per heavy atom. The van der Waals surface area contributed by atoms with Gasteiger partial charge in [-0.15, -0.1) is 0 Å². The van der Waals surface area contributed by atoms with Crippen LogP contribution in [0.3, 0.4) is 0 Å². The van der Waals surface area contributed by atoms with Gasteiger partial charge in [0.25, 0.3) is 5.92 Å². The second-order valence-electron chi connectivity index (χ2n) is 5.71. The Labute approximate surface area is 116 Å². The number of esters is 1. The normalized spacial score (nSPS) is 11.9. The van der Waals surface area contributed by atoms with Gasteiger partial charge in [-0.05, 0) is 41.5 Å². The number of quaternary nitrogens is 1. The van der Waals surface area contributed by atoms with Crippen molar-refractivity contribution in [2.24, 2.45) is 5.41 Å². The lowest BCUT2D eigenvalue weighted by Gasteiger charge is -2.18. The van der Waals surface area contributed by atoms with Crippen LogP contribution in [-0.2, 0) is 9.53 Å². The highest BCUT2D eigenvalue weighted by Gasteiger charge is 2.28. The molecule has 0 atom stereocenters. The number of carbonyl (C=O) groups excluding carboxylic acids is 1. The van der Waals surface area contributed by atoms with Gasteiger partial charge >= 0.3 is 5.97 Å². The fourth-order valence-corrected chi connectivity index (χ4v) is 1.16. The van der Waals surface area contributed by atoms with E-state index < -0.39 is 23.9 Å². The van der Waals surface area contributed by atoms with Crippen LogP contribution in [0.25, 0.3) is 0 Å². The zero-order chi connectivity index (χ0) is 15.7. The molecule has 0 unspecified atom stereocenters. The quantitative estimate of drug-likeness (QED) is 0.783. The molecule has 0 aliphatic heterocycles. The number of nitrogens with one attached hydrogen (secondary N) is 1. The van der Waals surface area contributed by atoms with Crippen LogP contribution in [0, 0.1) is 5.41 Å². The Balaban J connectivity index is 0. The Hall–Kier alpha value is -0.710. The minimum absolute atomic E-state index is 0.607. The van der Waals surface area contributed by atoms with Gasteiger partial charge in [-0.3, -0.25) is 4.79 Å². The van der Waals surface area contributed by atoms with Crippen molar-refractivity contribution >= 4 is 5.97 Å². The third kappa shape index (κ3) is 13.5. The van der Waals surface area contributed by atoms with Crippen molar-refractivity contribution in [3.63, 3.8) is 0 Å². The van der Waals surface area contributed by atoms with Gasteiger partial charge < -0.3 is 9.64 Å². The number of rotatable bonds is 5. The molecular weight excluding hydrogens is 252 g/mol. The van der Waals surface area contributed by atoms with E-state index >= 15 is 0 Å². The Kier molecular flexibility index (Phi) is 10.0. The number of halogens is 2. The third-order valence-corrected chi connectivity index (χ3v) is 2.57. The zero-order valence-electron chi connectivity index (χ0n) is 13.4. The average Bonchev–Trinajstić information content (AvgIpc) is 2.27. The lowest BCUT2D eigenvalue weighted by molar-refractivity contribution is -0.894. The summed E-state index contributed by atoms with van der Waals surface area (Å²) in [5.41, 5.74) is -0.717.